The first-order chi connectivity index (χ1) is 9.49. The maximum Gasteiger partial charge on any atom is 0.408 e. The minimum atomic E-state index is -2.54. The summed E-state index contributed by atoms with van der Waals surface area (Å²) in [5.74, 6) is 0.0810. The van der Waals surface area contributed by atoms with Gasteiger partial charge in [0.05, 0.1) is 0 Å². The largest absolute Gasteiger partial charge is 0.444 e. The van der Waals surface area contributed by atoms with E-state index in [1.165, 1.54) is 0 Å². The number of amides is 1. The highest BCUT2D eigenvalue weighted by atomic mass is 19.3. The van der Waals surface area contributed by atoms with Crippen LogP contribution >= 0.6 is 0 Å². The second-order valence-electron chi connectivity index (χ2n) is 7.56. The van der Waals surface area contributed by atoms with Crippen molar-refractivity contribution in [2.45, 2.75) is 76.4 Å². The van der Waals surface area contributed by atoms with E-state index in [0.29, 0.717) is 25.7 Å². The molecule has 0 aromatic heterocycles. The third-order valence-electron chi connectivity index (χ3n) is 4.41. The molecule has 2 aliphatic carbocycles. The lowest BCUT2D eigenvalue weighted by atomic mass is 9.52. The summed E-state index contributed by atoms with van der Waals surface area (Å²) in [4.78, 5) is 11.9. The van der Waals surface area contributed by atoms with E-state index in [1.807, 2.05) is 0 Å². The molecule has 0 aromatic rings. The number of hydrogen-bond donors (Lipinski definition) is 1. The van der Waals surface area contributed by atoms with Crippen LogP contribution in [0.15, 0.2) is 0 Å². The van der Waals surface area contributed by atoms with Gasteiger partial charge in [-0.2, -0.15) is 0 Å². The lowest BCUT2D eigenvalue weighted by Crippen LogP contribution is -2.62. The van der Waals surface area contributed by atoms with Crippen molar-refractivity contribution >= 4 is 6.09 Å². The monoisotopic (exact) mass is 299 g/mol. The van der Waals surface area contributed by atoms with Gasteiger partial charge in [0.15, 0.2) is 0 Å². The maximum atomic E-state index is 13.2. The topological polar surface area (TPSA) is 38.3 Å². The number of nitrogens with one attached hydrogen (secondary N) is 1. The van der Waals surface area contributed by atoms with E-state index in [9.17, 15) is 13.6 Å². The predicted molar refractivity (Wildman–Crippen MR) is 76.0 cm³/mol. The van der Waals surface area contributed by atoms with E-state index in [1.54, 1.807) is 20.8 Å². The Morgan fingerprint density at radius 1 is 1.19 bits per heavy atom. The van der Waals surface area contributed by atoms with Gasteiger partial charge in [-0.1, -0.05) is 5.92 Å². The summed E-state index contributed by atoms with van der Waals surface area (Å²) in [7, 11) is 0. The molecule has 1 N–H and O–H groups in total. The van der Waals surface area contributed by atoms with Crippen LogP contribution in [0.1, 0.15) is 59.3 Å². The molecule has 21 heavy (non-hydrogen) atoms. The molecule has 0 saturated heterocycles. The van der Waals surface area contributed by atoms with Gasteiger partial charge in [0.2, 0.25) is 5.92 Å². The second kappa shape index (κ2) is 4.86. The van der Waals surface area contributed by atoms with E-state index >= 15 is 0 Å². The quantitative estimate of drug-likeness (QED) is 0.746. The number of hydrogen-bond acceptors (Lipinski definition) is 2. The average molecular weight is 299 g/mol. The number of carbonyl (C=O) groups is 1. The Bertz CT molecular complexity index is 456. The lowest BCUT2D eigenvalue weighted by molar-refractivity contribution is -0.104. The summed E-state index contributed by atoms with van der Waals surface area (Å²) in [6.07, 6.45) is 6.91. The molecule has 0 aromatic carbocycles. The number of halogens is 2. The van der Waals surface area contributed by atoms with E-state index in [0.717, 1.165) is 0 Å². The van der Waals surface area contributed by atoms with Crippen molar-refractivity contribution in [3.05, 3.63) is 0 Å². The first-order valence-electron chi connectivity index (χ1n) is 7.36. The molecule has 0 atom stereocenters. The van der Waals surface area contributed by atoms with Gasteiger partial charge in [0.25, 0.3) is 0 Å². The summed E-state index contributed by atoms with van der Waals surface area (Å²) < 4.78 is 31.7. The van der Waals surface area contributed by atoms with E-state index in [4.69, 9.17) is 11.2 Å². The van der Waals surface area contributed by atoms with Crippen molar-refractivity contribution in [2.24, 2.45) is 5.41 Å². The zero-order valence-corrected chi connectivity index (χ0v) is 12.9. The number of terminal acetylenes is 1. The number of alkyl carbamates (subject to hydrolysis) is 1. The van der Waals surface area contributed by atoms with Gasteiger partial charge in [-0.05, 0) is 51.9 Å². The Labute approximate surface area is 124 Å². The molecule has 2 aliphatic rings. The van der Waals surface area contributed by atoms with E-state index in [2.05, 4.69) is 11.2 Å². The van der Waals surface area contributed by atoms with Crippen LogP contribution in [-0.2, 0) is 4.74 Å². The average Bonchev–Trinajstić information content (AvgIpc) is 2.27. The Morgan fingerprint density at radius 3 is 2.14 bits per heavy atom. The van der Waals surface area contributed by atoms with Crippen LogP contribution in [-0.4, -0.2) is 23.2 Å². The molecule has 2 saturated carbocycles. The van der Waals surface area contributed by atoms with Crippen molar-refractivity contribution < 1.29 is 18.3 Å². The fraction of sp³-hybridized carbons (Fsp3) is 0.812. The zero-order valence-electron chi connectivity index (χ0n) is 12.9. The predicted octanol–water partition coefficient (Wildman–Crippen LogP) is 3.87. The third-order valence-corrected chi connectivity index (χ3v) is 4.41. The maximum absolute atomic E-state index is 13.2. The smallest absolute Gasteiger partial charge is 0.408 e. The van der Waals surface area contributed by atoms with Crippen molar-refractivity contribution in [3.8, 4) is 12.3 Å². The normalized spacial score (nSPS) is 25.5. The fourth-order valence-corrected chi connectivity index (χ4v) is 3.45. The Balaban J connectivity index is 1.93. The van der Waals surface area contributed by atoms with Crippen molar-refractivity contribution in [1.29, 1.82) is 0 Å². The third kappa shape index (κ3) is 3.66. The molecule has 0 heterocycles. The summed E-state index contributed by atoms with van der Waals surface area (Å²) in [5.41, 5.74) is -1.47. The molecule has 0 unspecified atom stereocenters. The molecule has 1 spiro atoms. The van der Waals surface area contributed by atoms with Crippen LogP contribution in [0.5, 0.6) is 0 Å². The molecule has 2 fully saturated rings. The van der Waals surface area contributed by atoms with Crippen molar-refractivity contribution in [1.82, 2.24) is 5.32 Å². The van der Waals surface area contributed by atoms with Crippen molar-refractivity contribution in [2.75, 3.05) is 0 Å². The standard InChI is InChI=1S/C16H23F2NO2/c1-5-15(19-12(20)21-13(2,3)4)10-14(11-15)6-8-16(17,18)9-7-14/h1H,6-11H2,2-4H3,(H,19,20). The van der Waals surface area contributed by atoms with Gasteiger partial charge < -0.3 is 10.1 Å². The van der Waals surface area contributed by atoms with Crippen LogP contribution in [0.2, 0.25) is 0 Å². The summed E-state index contributed by atoms with van der Waals surface area (Å²) in [6.45, 7) is 5.34. The number of alkyl halides is 2. The van der Waals surface area contributed by atoms with Crippen LogP contribution in [0, 0.1) is 17.8 Å². The molecule has 2 rings (SSSR count). The first kappa shape index (κ1) is 16.1. The van der Waals surface area contributed by atoms with Crippen LogP contribution in [0.3, 0.4) is 0 Å². The molecular weight excluding hydrogens is 276 g/mol. The highest BCUT2D eigenvalue weighted by Gasteiger charge is 2.57. The van der Waals surface area contributed by atoms with Crippen LogP contribution in [0.25, 0.3) is 0 Å². The van der Waals surface area contributed by atoms with Gasteiger partial charge in [-0.3, -0.25) is 0 Å². The zero-order chi connectivity index (χ0) is 15.9. The molecule has 0 radical (unpaired) electrons. The van der Waals surface area contributed by atoms with Crippen LogP contribution in [0.4, 0.5) is 13.6 Å². The molecule has 0 bridgehead atoms. The number of rotatable bonds is 1. The van der Waals surface area contributed by atoms with Gasteiger partial charge in [-0.15, -0.1) is 6.42 Å². The summed E-state index contributed by atoms with van der Waals surface area (Å²) in [6, 6.07) is 0. The van der Waals surface area contributed by atoms with Gasteiger partial charge in [-0.25, -0.2) is 13.6 Å². The van der Waals surface area contributed by atoms with E-state index in [-0.39, 0.29) is 18.3 Å². The first-order valence-corrected chi connectivity index (χ1v) is 7.36. The Hall–Kier alpha value is -1.31. The Kier molecular flexibility index (Phi) is 3.72. The molecule has 5 heteroatoms. The summed E-state index contributed by atoms with van der Waals surface area (Å²) in [5, 5.41) is 2.74. The SMILES string of the molecule is C#CC1(NC(=O)OC(C)(C)C)CC2(CCC(F)(F)CC2)C1. The van der Waals surface area contributed by atoms with Gasteiger partial charge in [0.1, 0.15) is 11.1 Å². The molecule has 118 valence electrons. The minimum Gasteiger partial charge on any atom is -0.444 e. The molecule has 1 amide bonds. The second-order valence-corrected chi connectivity index (χ2v) is 7.56. The van der Waals surface area contributed by atoms with E-state index < -0.39 is 23.2 Å². The lowest BCUT2D eigenvalue weighted by Gasteiger charge is -2.56. The Morgan fingerprint density at radius 2 is 1.71 bits per heavy atom. The number of carbonyl (C=O) groups excluding carboxylic acids is 1. The molecular formula is C16H23F2NO2. The van der Waals surface area contributed by atoms with Gasteiger partial charge >= 0.3 is 6.09 Å². The van der Waals surface area contributed by atoms with Crippen LogP contribution < -0.4 is 5.32 Å². The van der Waals surface area contributed by atoms with Gasteiger partial charge in [0, 0.05) is 12.8 Å². The fourth-order valence-electron chi connectivity index (χ4n) is 3.45. The molecule has 3 nitrogen and oxygen atoms in total. The molecule has 0 aliphatic heterocycles. The number of ether oxygens (including phenoxy) is 1. The highest BCUT2D eigenvalue weighted by Crippen LogP contribution is 2.58. The van der Waals surface area contributed by atoms with Crippen molar-refractivity contribution in [3.63, 3.8) is 0 Å². The summed E-state index contributed by atoms with van der Waals surface area (Å²) >= 11 is 0. The highest BCUT2D eigenvalue weighted by molar-refractivity contribution is 5.70. The minimum absolute atomic E-state index is 0.0832.